The molecule has 0 spiro atoms. The minimum absolute atomic E-state index is 0.128. The van der Waals surface area contributed by atoms with E-state index in [-0.39, 0.29) is 6.61 Å². The lowest BCUT2D eigenvalue weighted by molar-refractivity contribution is 0.283. The van der Waals surface area contributed by atoms with Crippen molar-refractivity contribution in [2.45, 2.75) is 11.8 Å². The second-order valence-electron chi connectivity index (χ2n) is 2.87. The highest BCUT2D eigenvalue weighted by Gasteiger charge is 2.12. The summed E-state index contributed by atoms with van der Waals surface area (Å²) < 4.78 is 0. The van der Waals surface area contributed by atoms with Crippen LogP contribution in [0.15, 0.2) is 11.4 Å². The molecule has 6 nitrogen and oxygen atoms in total. The average Bonchev–Trinajstić information content (AvgIpc) is 2.70. The zero-order valence-corrected chi connectivity index (χ0v) is 8.80. The lowest BCUT2D eigenvalue weighted by Crippen LogP contribution is -1.98. The second kappa shape index (κ2) is 4.05. The molecule has 0 aliphatic heterocycles. The molecule has 0 atom stereocenters. The number of thioether (sulfide) groups is 1. The number of anilines is 1. The normalized spacial score (nSPS) is 10.9. The second-order valence-corrected chi connectivity index (χ2v) is 3.64. The van der Waals surface area contributed by atoms with Crippen LogP contribution in [0.5, 0.6) is 0 Å². The predicted molar refractivity (Wildman–Crippen MR) is 57.0 cm³/mol. The highest BCUT2D eigenvalue weighted by molar-refractivity contribution is 7.98. The molecule has 4 N–H and O–H groups in total. The molecule has 15 heavy (non-hydrogen) atoms. The van der Waals surface area contributed by atoms with Crippen LogP contribution in [0.3, 0.4) is 0 Å². The van der Waals surface area contributed by atoms with Crippen LogP contribution in [-0.2, 0) is 6.61 Å². The first-order valence-corrected chi connectivity index (χ1v) is 5.45. The summed E-state index contributed by atoms with van der Waals surface area (Å²) in [5.74, 6) is 0.301. The summed E-state index contributed by atoms with van der Waals surface area (Å²) in [6.45, 7) is -0.128. The van der Waals surface area contributed by atoms with Crippen LogP contribution >= 0.6 is 11.8 Å². The number of rotatable bonds is 3. The van der Waals surface area contributed by atoms with E-state index in [1.54, 1.807) is 6.20 Å². The van der Waals surface area contributed by atoms with Crippen molar-refractivity contribution >= 4 is 28.6 Å². The molecular weight excluding hydrogens is 216 g/mol. The quantitative estimate of drug-likeness (QED) is 0.354. The predicted octanol–water partition coefficient (Wildman–Crippen LogP) is 0.973. The molecule has 0 bridgehead atoms. The summed E-state index contributed by atoms with van der Waals surface area (Å²) in [6, 6.07) is 0. The van der Waals surface area contributed by atoms with Gasteiger partial charge in [0.2, 0.25) is 0 Å². The number of aliphatic hydroxyl groups excluding tert-OH is 1. The maximum Gasteiger partial charge on any atom is 0.191 e. The first kappa shape index (κ1) is 10.2. The van der Waals surface area contributed by atoms with Crippen molar-refractivity contribution in [2.75, 3.05) is 11.7 Å². The van der Waals surface area contributed by atoms with E-state index in [9.17, 15) is 0 Å². The zero-order chi connectivity index (χ0) is 10.8. The van der Waals surface area contributed by atoms with Crippen molar-refractivity contribution in [3.8, 4) is 0 Å². The van der Waals surface area contributed by atoms with Crippen molar-refractivity contribution in [1.82, 2.24) is 15.0 Å². The third kappa shape index (κ3) is 1.65. The molecule has 0 fully saturated rings. The molecule has 0 amide bonds. The molecule has 2 aromatic heterocycles. The van der Waals surface area contributed by atoms with Gasteiger partial charge in [-0.3, -0.25) is 10.7 Å². The summed E-state index contributed by atoms with van der Waals surface area (Å²) in [6.07, 6.45) is 3.49. The molecule has 0 aliphatic carbocycles. The molecular formula is C8H10N4O2S. The lowest BCUT2D eigenvalue weighted by Gasteiger charge is -2.03. The number of hydrogen-bond acceptors (Lipinski definition) is 6. The number of H-pyrrole nitrogens is 1. The number of aromatic nitrogens is 3. The molecule has 0 aromatic carbocycles. The monoisotopic (exact) mass is 226 g/mol. The smallest absolute Gasteiger partial charge is 0.191 e. The largest absolute Gasteiger partial charge is 0.392 e. The number of aromatic amines is 1. The molecule has 2 rings (SSSR count). The Bertz CT molecular complexity index is 485. The first-order valence-electron chi connectivity index (χ1n) is 4.23. The zero-order valence-electron chi connectivity index (χ0n) is 7.98. The third-order valence-corrected chi connectivity index (χ3v) is 2.60. The summed E-state index contributed by atoms with van der Waals surface area (Å²) in [4.78, 5) is 11.2. The summed E-state index contributed by atoms with van der Waals surface area (Å²) in [7, 11) is 0. The van der Waals surface area contributed by atoms with Crippen LogP contribution in [0.1, 0.15) is 5.56 Å². The van der Waals surface area contributed by atoms with Gasteiger partial charge in [0.05, 0.1) is 12.0 Å². The Labute approximate surface area is 89.7 Å². The first-order chi connectivity index (χ1) is 7.30. The Balaban J connectivity index is 2.72. The fraction of sp³-hybridized carbons (Fsp3) is 0.250. The average molecular weight is 226 g/mol. The minimum Gasteiger partial charge on any atom is -0.392 e. The SMILES string of the molecule is CSc1nc(NO)c2c(CO)c[nH]c2n1. The van der Waals surface area contributed by atoms with Gasteiger partial charge in [-0.05, 0) is 6.26 Å². The lowest BCUT2D eigenvalue weighted by atomic mass is 10.2. The maximum absolute atomic E-state index is 9.08. The molecule has 80 valence electrons. The van der Waals surface area contributed by atoms with Crippen LogP contribution in [0.2, 0.25) is 0 Å². The molecule has 0 unspecified atom stereocenters. The fourth-order valence-electron chi connectivity index (χ4n) is 1.37. The minimum atomic E-state index is -0.128. The van der Waals surface area contributed by atoms with E-state index >= 15 is 0 Å². The van der Waals surface area contributed by atoms with Gasteiger partial charge in [-0.1, -0.05) is 11.8 Å². The molecule has 2 heterocycles. The fourth-order valence-corrected chi connectivity index (χ4v) is 1.74. The van der Waals surface area contributed by atoms with E-state index in [1.165, 1.54) is 11.8 Å². The third-order valence-electron chi connectivity index (χ3n) is 2.05. The molecule has 0 radical (unpaired) electrons. The molecule has 7 heteroatoms. The number of hydrogen-bond donors (Lipinski definition) is 4. The molecule has 0 aliphatic rings. The van der Waals surface area contributed by atoms with Crippen molar-refractivity contribution in [1.29, 1.82) is 0 Å². The van der Waals surface area contributed by atoms with Crippen LogP contribution in [0.4, 0.5) is 5.82 Å². The number of nitrogens with one attached hydrogen (secondary N) is 2. The van der Waals surface area contributed by atoms with Gasteiger partial charge in [0.15, 0.2) is 11.0 Å². The molecule has 2 aromatic rings. The Morgan fingerprint density at radius 2 is 2.33 bits per heavy atom. The van der Waals surface area contributed by atoms with Gasteiger partial charge < -0.3 is 10.1 Å². The number of nitrogens with zero attached hydrogens (tertiary/aromatic N) is 2. The van der Waals surface area contributed by atoms with E-state index in [4.69, 9.17) is 10.3 Å². The Morgan fingerprint density at radius 1 is 1.53 bits per heavy atom. The molecule has 0 saturated carbocycles. The molecule has 0 saturated heterocycles. The Hall–Kier alpha value is -1.31. The van der Waals surface area contributed by atoms with Crippen LogP contribution in [0, 0.1) is 0 Å². The van der Waals surface area contributed by atoms with Gasteiger partial charge in [0.1, 0.15) is 5.65 Å². The van der Waals surface area contributed by atoms with Crippen molar-refractivity contribution in [2.24, 2.45) is 0 Å². The number of aliphatic hydroxyl groups is 1. The van der Waals surface area contributed by atoms with E-state index in [1.807, 2.05) is 11.7 Å². The van der Waals surface area contributed by atoms with Gasteiger partial charge in [-0.15, -0.1) is 0 Å². The van der Waals surface area contributed by atoms with E-state index in [2.05, 4.69) is 15.0 Å². The van der Waals surface area contributed by atoms with Crippen molar-refractivity contribution in [3.63, 3.8) is 0 Å². The van der Waals surface area contributed by atoms with Gasteiger partial charge in [0, 0.05) is 11.8 Å². The van der Waals surface area contributed by atoms with Gasteiger partial charge >= 0.3 is 0 Å². The van der Waals surface area contributed by atoms with Crippen LogP contribution in [-0.4, -0.2) is 31.5 Å². The van der Waals surface area contributed by atoms with Crippen molar-refractivity contribution < 1.29 is 10.3 Å². The number of fused-ring (bicyclic) bond motifs is 1. The highest BCUT2D eigenvalue weighted by Crippen LogP contribution is 2.25. The topological polar surface area (TPSA) is 94.1 Å². The van der Waals surface area contributed by atoms with Crippen LogP contribution < -0.4 is 5.48 Å². The standard InChI is InChI=1S/C8H10N4O2S/c1-15-8-10-6-5(7(11-8)12-14)4(3-13)2-9-6/h2,13-14H,3H2,1H3,(H2,9,10,11,12). The summed E-state index contributed by atoms with van der Waals surface area (Å²) in [5.41, 5.74) is 3.25. The van der Waals surface area contributed by atoms with Crippen LogP contribution in [0.25, 0.3) is 11.0 Å². The maximum atomic E-state index is 9.08. The Morgan fingerprint density at radius 3 is 2.93 bits per heavy atom. The van der Waals surface area contributed by atoms with Gasteiger partial charge in [-0.2, -0.15) is 0 Å². The van der Waals surface area contributed by atoms with Gasteiger partial charge in [-0.25, -0.2) is 9.97 Å². The van der Waals surface area contributed by atoms with E-state index < -0.39 is 0 Å². The highest BCUT2D eigenvalue weighted by atomic mass is 32.2. The van der Waals surface area contributed by atoms with E-state index in [0.29, 0.717) is 27.6 Å². The van der Waals surface area contributed by atoms with Gasteiger partial charge in [0.25, 0.3) is 0 Å². The summed E-state index contributed by atoms with van der Waals surface area (Å²) >= 11 is 1.37. The van der Waals surface area contributed by atoms with E-state index in [0.717, 1.165) is 0 Å². The summed E-state index contributed by atoms with van der Waals surface area (Å²) in [5, 5.41) is 19.2. The Kier molecular flexibility index (Phi) is 2.76. The van der Waals surface area contributed by atoms with Crippen molar-refractivity contribution in [3.05, 3.63) is 11.8 Å².